The van der Waals surface area contributed by atoms with Crippen molar-refractivity contribution in [1.29, 1.82) is 0 Å². The van der Waals surface area contributed by atoms with Crippen LogP contribution in [0, 0.1) is 0 Å². The van der Waals surface area contributed by atoms with Crippen molar-refractivity contribution in [2.24, 2.45) is 4.99 Å². The van der Waals surface area contributed by atoms with E-state index in [1.807, 2.05) is 6.07 Å². The first-order valence-electron chi connectivity index (χ1n) is 10.3. The summed E-state index contributed by atoms with van der Waals surface area (Å²) in [6, 6.07) is 10.3. The third kappa shape index (κ3) is 3.91. The zero-order valence-corrected chi connectivity index (χ0v) is 18.8. The fourth-order valence-corrected chi connectivity index (χ4v) is 4.26. The number of benzene rings is 2. The van der Waals surface area contributed by atoms with Crippen molar-refractivity contribution in [3.63, 3.8) is 0 Å². The monoisotopic (exact) mass is 510 g/mol. The Balaban J connectivity index is 1.63. The first-order chi connectivity index (χ1) is 15.9. The molecule has 0 saturated carbocycles. The number of aromatic nitrogens is 4. The molecule has 5 rings (SSSR count). The van der Waals surface area contributed by atoms with Crippen molar-refractivity contribution >= 4 is 44.6 Å². The molecule has 0 amide bonds. The highest BCUT2D eigenvalue weighted by atomic mass is 79.9. The number of H-pyrrole nitrogens is 3. The van der Waals surface area contributed by atoms with E-state index in [-0.39, 0.29) is 11.3 Å². The van der Waals surface area contributed by atoms with Crippen molar-refractivity contribution in [3.8, 4) is 11.6 Å². The van der Waals surface area contributed by atoms with Crippen LogP contribution in [0.15, 0.2) is 60.2 Å². The predicted molar refractivity (Wildman–Crippen MR) is 130 cm³/mol. The van der Waals surface area contributed by atoms with Crippen LogP contribution in [0.5, 0.6) is 5.88 Å². The van der Waals surface area contributed by atoms with Crippen LogP contribution in [0.4, 0.5) is 11.4 Å². The minimum Gasteiger partial charge on any atom is -0.493 e. The Labute approximate surface area is 194 Å². The van der Waals surface area contributed by atoms with Gasteiger partial charge in [0.25, 0.3) is 5.56 Å². The highest BCUT2D eigenvalue weighted by Gasteiger charge is 2.18. The van der Waals surface area contributed by atoms with E-state index >= 15 is 0 Å². The van der Waals surface area contributed by atoms with E-state index in [1.54, 1.807) is 30.3 Å². The SMILES string of the molecule is O=c1[nH]c2cc(N=Cc3c(O)n(-c4ccc(Br)cc4)c(=O)[nH]c3=O)c(N3CCCC3)cc2[nH]1. The van der Waals surface area contributed by atoms with E-state index < -0.39 is 17.1 Å². The van der Waals surface area contributed by atoms with Crippen molar-refractivity contribution in [1.82, 2.24) is 19.5 Å². The van der Waals surface area contributed by atoms with Gasteiger partial charge >= 0.3 is 11.4 Å². The topological polar surface area (TPSA) is 139 Å². The second kappa shape index (κ2) is 8.24. The maximum absolute atomic E-state index is 12.5. The standard InChI is InChI=1S/C22H19BrN6O4/c23-12-3-5-13(6-4-12)29-20(31)14(19(30)27-22(29)33)11-24-17-9-15-16(26-21(32)25-15)10-18(17)28-7-1-2-8-28/h3-6,9-11,31H,1-2,7-8H2,(H2,25,26,32)(H,27,30,33). The Hall–Kier alpha value is -3.86. The van der Waals surface area contributed by atoms with Crippen LogP contribution in [-0.2, 0) is 0 Å². The Morgan fingerprint density at radius 3 is 2.33 bits per heavy atom. The molecule has 1 fully saturated rings. The molecule has 10 nitrogen and oxygen atoms in total. The van der Waals surface area contributed by atoms with Gasteiger partial charge in [-0.15, -0.1) is 0 Å². The Kier molecular flexibility index (Phi) is 5.25. The van der Waals surface area contributed by atoms with Gasteiger partial charge in [-0.2, -0.15) is 0 Å². The van der Waals surface area contributed by atoms with Crippen LogP contribution >= 0.6 is 15.9 Å². The number of nitrogens with one attached hydrogen (secondary N) is 3. The first-order valence-corrected chi connectivity index (χ1v) is 11.1. The van der Waals surface area contributed by atoms with Gasteiger partial charge in [-0.25, -0.2) is 14.2 Å². The smallest absolute Gasteiger partial charge is 0.335 e. The second-order valence-electron chi connectivity index (χ2n) is 7.73. The molecule has 33 heavy (non-hydrogen) atoms. The summed E-state index contributed by atoms with van der Waals surface area (Å²) in [5.74, 6) is -0.520. The van der Waals surface area contributed by atoms with E-state index in [9.17, 15) is 19.5 Å². The summed E-state index contributed by atoms with van der Waals surface area (Å²) < 4.78 is 1.81. The lowest BCUT2D eigenvalue weighted by atomic mass is 10.2. The van der Waals surface area contributed by atoms with Crippen molar-refractivity contribution in [2.75, 3.05) is 18.0 Å². The zero-order chi connectivity index (χ0) is 23.1. The van der Waals surface area contributed by atoms with Crippen LogP contribution in [-0.4, -0.2) is 43.9 Å². The maximum atomic E-state index is 12.5. The average molecular weight is 511 g/mol. The quantitative estimate of drug-likeness (QED) is 0.312. The lowest BCUT2D eigenvalue weighted by Crippen LogP contribution is -2.31. The summed E-state index contributed by atoms with van der Waals surface area (Å²) in [4.78, 5) is 51.0. The summed E-state index contributed by atoms with van der Waals surface area (Å²) in [7, 11) is 0. The van der Waals surface area contributed by atoms with Gasteiger partial charge in [0.05, 0.1) is 28.1 Å². The molecule has 1 saturated heterocycles. The molecule has 168 valence electrons. The van der Waals surface area contributed by atoms with E-state index in [4.69, 9.17) is 0 Å². The fourth-order valence-electron chi connectivity index (χ4n) is 3.99. The molecule has 3 heterocycles. The average Bonchev–Trinajstić information content (AvgIpc) is 3.42. The largest absolute Gasteiger partial charge is 0.493 e. The number of nitrogens with zero attached hydrogens (tertiary/aromatic N) is 3. The van der Waals surface area contributed by atoms with Crippen LogP contribution in [0.2, 0.25) is 0 Å². The molecule has 0 radical (unpaired) electrons. The summed E-state index contributed by atoms with van der Waals surface area (Å²) >= 11 is 3.33. The molecule has 0 atom stereocenters. The number of anilines is 1. The van der Waals surface area contributed by atoms with E-state index in [1.165, 1.54) is 6.21 Å². The van der Waals surface area contributed by atoms with Gasteiger partial charge in [-0.1, -0.05) is 15.9 Å². The van der Waals surface area contributed by atoms with Gasteiger partial charge in [-0.05, 0) is 49.2 Å². The second-order valence-corrected chi connectivity index (χ2v) is 8.64. The Bertz CT molecular complexity index is 1560. The van der Waals surface area contributed by atoms with Gasteiger partial charge in [0.1, 0.15) is 5.56 Å². The molecule has 0 aliphatic carbocycles. The number of aromatic amines is 3. The van der Waals surface area contributed by atoms with Crippen molar-refractivity contribution < 1.29 is 5.11 Å². The van der Waals surface area contributed by atoms with Gasteiger partial charge in [-0.3, -0.25) is 14.8 Å². The molecular formula is C22H19BrN6O4. The summed E-state index contributed by atoms with van der Waals surface area (Å²) in [6.45, 7) is 1.70. The first kappa shape index (κ1) is 21.0. The van der Waals surface area contributed by atoms with Crippen molar-refractivity contribution in [3.05, 3.63) is 77.8 Å². The number of aromatic hydroxyl groups is 1. The Morgan fingerprint density at radius 2 is 1.64 bits per heavy atom. The number of halogens is 1. The lowest BCUT2D eigenvalue weighted by Gasteiger charge is -2.19. The molecule has 0 unspecified atom stereocenters. The molecule has 2 aromatic heterocycles. The van der Waals surface area contributed by atoms with Crippen LogP contribution < -0.4 is 21.8 Å². The number of aliphatic imine (C=N–C) groups is 1. The summed E-state index contributed by atoms with van der Waals surface area (Å²) in [6.07, 6.45) is 3.32. The number of rotatable bonds is 4. The minimum atomic E-state index is -0.763. The Morgan fingerprint density at radius 1 is 0.970 bits per heavy atom. The highest BCUT2D eigenvalue weighted by molar-refractivity contribution is 9.10. The number of fused-ring (bicyclic) bond motifs is 1. The van der Waals surface area contributed by atoms with E-state index in [0.717, 1.165) is 40.7 Å². The molecule has 11 heteroatoms. The van der Waals surface area contributed by atoms with Crippen LogP contribution in [0.1, 0.15) is 18.4 Å². The molecular weight excluding hydrogens is 492 g/mol. The molecule has 0 spiro atoms. The van der Waals surface area contributed by atoms with E-state index in [0.29, 0.717) is 22.4 Å². The number of imidazole rings is 1. The number of hydrogen-bond donors (Lipinski definition) is 4. The molecule has 1 aliphatic heterocycles. The normalized spacial score (nSPS) is 14.0. The molecule has 0 bridgehead atoms. The van der Waals surface area contributed by atoms with Crippen molar-refractivity contribution in [2.45, 2.75) is 12.8 Å². The van der Waals surface area contributed by atoms with E-state index in [2.05, 4.69) is 40.8 Å². The van der Waals surface area contributed by atoms with Gasteiger partial charge in [0.2, 0.25) is 5.88 Å². The van der Waals surface area contributed by atoms with Crippen LogP contribution in [0.25, 0.3) is 16.7 Å². The summed E-state index contributed by atoms with van der Waals surface area (Å²) in [5, 5.41) is 10.8. The van der Waals surface area contributed by atoms with Crippen LogP contribution in [0.3, 0.4) is 0 Å². The maximum Gasteiger partial charge on any atom is 0.335 e. The highest BCUT2D eigenvalue weighted by Crippen LogP contribution is 2.34. The van der Waals surface area contributed by atoms with Gasteiger partial charge < -0.3 is 20.0 Å². The molecule has 2 aromatic carbocycles. The molecule has 1 aliphatic rings. The third-order valence-electron chi connectivity index (χ3n) is 5.60. The molecule has 4 aromatic rings. The fraction of sp³-hybridized carbons (Fsp3) is 0.182. The number of hydrogen-bond acceptors (Lipinski definition) is 6. The van der Waals surface area contributed by atoms with Gasteiger partial charge in [0, 0.05) is 23.8 Å². The summed E-state index contributed by atoms with van der Waals surface area (Å²) in [5.41, 5.74) is 0.953. The molecule has 4 N–H and O–H groups in total. The zero-order valence-electron chi connectivity index (χ0n) is 17.3. The lowest BCUT2D eigenvalue weighted by molar-refractivity contribution is 0.430. The van der Waals surface area contributed by atoms with Gasteiger partial charge in [0.15, 0.2) is 0 Å². The third-order valence-corrected chi connectivity index (χ3v) is 6.12. The minimum absolute atomic E-state index is 0.160. The predicted octanol–water partition coefficient (Wildman–Crippen LogP) is 2.51.